The number of nitrogens with one attached hydrogen (secondary N) is 1. The first-order chi connectivity index (χ1) is 8.35. The number of alkyl halides is 1. The van der Waals surface area contributed by atoms with Crippen molar-refractivity contribution in [3.05, 3.63) is 42.5 Å². The highest BCUT2D eigenvalue weighted by atomic mass is 35.5. The zero-order valence-corrected chi connectivity index (χ0v) is 11.5. The standard InChI is InChI=1S/C12H14ClNO3S/c1-3-12(15)14-11-6-4-10(5-7-11)8-18(16,17)9(2)13/h3-7,9H,1,8H2,2H3,(H,14,15). The monoisotopic (exact) mass is 287 g/mol. The molecule has 0 saturated heterocycles. The van der Waals surface area contributed by atoms with E-state index >= 15 is 0 Å². The summed E-state index contributed by atoms with van der Waals surface area (Å²) in [5.74, 6) is -0.433. The second kappa shape index (κ2) is 6.02. The Morgan fingerprint density at radius 3 is 2.44 bits per heavy atom. The molecule has 18 heavy (non-hydrogen) atoms. The van der Waals surface area contributed by atoms with Gasteiger partial charge in [-0.1, -0.05) is 18.7 Å². The number of benzene rings is 1. The molecule has 0 heterocycles. The molecule has 0 fully saturated rings. The fourth-order valence-electron chi connectivity index (χ4n) is 1.22. The first-order valence-electron chi connectivity index (χ1n) is 5.23. The predicted octanol–water partition coefficient (Wildman–Crippen LogP) is 2.31. The van der Waals surface area contributed by atoms with Crippen molar-refractivity contribution in [2.45, 2.75) is 17.4 Å². The molecule has 1 N–H and O–H groups in total. The van der Waals surface area contributed by atoms with Crippen LogP contribution in [0.5, 0.6) is 0 Å². The molecule has 0 aliphatic rings. The van der Waals surface area contributed by atoms with Crippen LogP contribution in [-0.4, -0.2) is 19.0 Å². The molecule has 0 bridgehead atoms. The lowest BCUT2D eigenvalue weighted by molar-refractivity contribution is -0.111. The number of carbonyl (C=O) groups is 1. The van der Waals surface area contributed by atoms with Crippen LogP contribution in [0.3, 0.4) is 0 Å². The van der Waals surface area contributed by atoms with Gasteiger partial charge in [0.05, 0.1) is 5.75 Å². The van der Waals surface area contributed by atoms with Crippen LogP contribution in [0.2, 0.25) is 0 Å². The molecule has 98 valence electrons. The highest BCUT2D eigenvalue weighted by Gasteiger charge is 2.18. The first-order valence-corrected chi connectivity index (χ1v) is 7.38. The highest BCUT2D eigenvalue weighted by molar-refractivity contribution is 7.92. The summed E-state index contributed by atoms with van der Waals surface area (Å²) >= 11 is 5.58. The maximum absolute atomic E-state index is 11.6. The number of carbonyl (C=O) groups excluding carboxylic acids is 1. The van der Waals surface area contributed by atoms with Crippen LogP contribution in [0.25, 0.3) is 0 Å². The maximum atomic E-state index is 11.6. The molecule has 1 aromatic rings. The molecule has 0 spiro atoms. The van der Waals surface area contributed by atoms with Crippen molar-refractivity contribution in [1.29, 1.82) is 0 Å². The number of amides is 1. The molecular weight excluding hydrogens is 274 g/mol. The van der Waals surface area contributed by atoms with Gasteiger partial charge in [-0.3, -0.25) is 4.79 Å². The van der Waals surface area contributed by atoms with Gasteiger partial charge in [-0.2, -0.15) is 0 Å². The molecule has 0 aliphatic heterocycles. The molecule has 4 nitrogen and oxygen atoms in total. The van der Waals surface area contributed by atoms with Gasteiger partial charge < -0.3 is 5.32 Å². The van der Waals surface area contributed by atoms with Gasteiger partial charge in [0.25, 0.3) is 0 Å². The van der Waals surface area contributed by atoms with Crippen LogP contribution in [-0.2, 0) is 20.4 Å². The van der Waals surface area contributed by atoms with E-state index < -0.39 is 14.5 Å². The van der Waals surface area contributed by atoms with Gasteiger partial charge in [-0.15, -0.1) is 11.6 Å². The maximum Gasteiger partial charge on any atom is 0.247 e. The van der Waals surface area contributed by atoms with Gasteiger partial charge in [0.1, 0.15) is 4.71 Å². The lowest BCUT2D eigenvalue weighted by Crippen LogP contribution is -2.14. The molecule has 0 radical (unpaired) electrons. The highest BCUT2D eigenvalue weighted by Crippen LogP contribution is 2.16. The normalized spacial score (nSPS) is 12.8. The van der Waals surface area contributed by atoms with Gasteiger partial charge in [-0.25, -0.2) is 8.42 Å². The van der Waals surface area contributed by atoms with Crippen LogP contribution in [0.1, 0.15) is 12.5 Å². The van der Waals surface area contributed by atoms with E-state index in [0.717, 1.165) is 6.08 Å². The second-order valence-corrected chi connectivity index (χ2v) is 6.98. The van der Waals surface area contributed by atoms with Crippen LogP contribution in [0, 0.1) is 0 Å². The van der Waals surface area contributed by atoms with E-state index in [9.17, 15) is 13.2 Å². The minimum Gasteiger partial charge on any atom is -0.323 e. The number of anilines is 1. The summed E-state index contributed by atoms with van der Waals surface area (Å²) in [6.07, 6.45) is 1.16. The number of halogens is 1. The van der Waals surface area contributed by atoms with Crippen molar-refractivity contribution >= 4 is 33.0 Å². The number of hydrogen-bond acceptors (Lipinski definition) is 3. The molecule has 1 rings (SSSR count). The summed E-state index contributed by atoms with van der Waals surface area (Å²) in [6, 6.07) is 6.53. The van der Waals surface area contributed by atoms with Crippen molar-refractivity contribution in [3.63, 3.8) is 0 Å². The minimum atomic E-state index is -3.33. The molecule has 6 heteroatoms. The number of sulfone groups is 1. The summed E-state index contributed by atoms with van der Waals surface area (Å²) < 4.78 is 22.3. The fourth-order valence-corrected chi connectivity index (χ4v) is 2.30. The van der Waals surface area contributed by atoms with Crippen LogP contribution in [0.4, 0.5) is 5.69 Å². The van der Waals surface area contributed by atoms with Gasteiger partial charge in [0.15, 0.2) is 9.84 Å². The lowest BCUT2D eigenvalue weighted by Gasteiger charge is -2.07. The van der Waals surface area contributed by atoms with Crippen molar-refractivity contribution in [3.8, 4) is 0 Å². The second-order valence-electron chi connectivity index (χ2n) is 3.74. The molecule has 0 aromatic heterocycles. The lowest BCUT2D eigenvalue weighted by atomic mass is 10.2. The van der Waals surface area contributed by atoms with Crippen LogP contribution >= 0.6 is 11.6 Å². The average molecular weight is 288 g/mol. The summed E-state index contributed by atoms with van der Waals surface area (Å²) in [6.45, 7) is 4.76. The van der Waals surface area contributed by atoms with E-state index in [-0.39, 0.29) is 11.7 Å². The van der Waals surface area contributed by atoms with Crippen molar-refractivity contribution in [1.82, 2.24) is 0 Å². The number of rotatable bonds is 5. The van der Waals surface area contributed by atoms with E-state index in [2.05, 4.69) is 11.9 Å². The zero-order chi connectivity index (χ0) is 13.8. The van der Waals surface area contributed by atoms with Gasteiger partial charge >= 0.3 is 0 Å². The summed E-state index contributed by atoms with van der Waals surface area (Å²) in [7, 11) is -3.33. The summed E-state index contributed by atoms with van der Waals surface area (Å²) in [4.78, 5) is 11.0. The Labute approximate surface area is 112 Å². The van der Waals surface area contributed by atoms with Crippen LogP contribution in [0.15, 0.2) is 36.9 Å². The molecule has 1 aromatic carbocycles. The van der Waals surface area contributed by atoms with Crippen LogP contribution < -0.4 is 5.32 Å². The summed E-state index contributed by atoms with van der Waals surface area (Å²) in [5.41, 5.74) is 1.21. The van der Waals surface area contributed by atoms with E-state index in [4.69, 9.17) is 11.6 Å². The average Bonchev–Trinajstić information content (AvgIpc) is 2.31. The van der Waals surface area contributed by atoms with Crippen molar-refractivity contribution in [2.75, 3.05) is 5.32 Å². The smallest absolute Gasteiger partial charge is 0.247 e. The molecule has 0 aliphatic carbocycles. The third-order valence-corrected chi connectivity index (χ3v) is 4.81. The molecule has 1 amide bonds. The third kappa shape index (κ3) is 4.16. The number of hydrogen-bond donors (Lipinski definition) is 1. The van der Waals surface area contributed by atoms with E-state index in [1.165, 1.54) is 6.92 Å². The molecular formula is C12H14ClNO3S. The Hall–Kier alpha value is -1.33. The Bertz CT molecular complexity index is 535. The third-order valence-electron chi connectivity index (χ3n) is 2.27. The predicted molar refractivity (Wildman–Crippen MR) is 73.2 cm³/mol. The van der Waals surface area contributed by atoms with Gasteiger partial charge in [0, 0.05) is 5.69 Å². The Morgan fingerprint density at radius 1 is 1.44 bits per heavy atom. The Kier molecular flexibility index (Phi) is 4.93. The van der Waals surface area contributed by atoms with Gasteiger partial charge in [0.2, 0.25) is 5.91 Å². The molecule has 1 unspecified atom stereocenters. The quantitative estimate of drug-likeness (QED) is 0.668. The van der Waals surface area contributed by atoms with E-state index in [1.54, 1.807) is 24.3 Å². The van der Waals surface area contributed by atoms with Crippen molar-refractivity contribution < 1.29 is 13.2 Å². The Balaban J connectivity index is 2.78. The topological polar surface area (TPSA) is 63.2 Å². The SMILES string of the molecule is C=CC(=O)Nc1ccc(CS(=O)(=O)C(C)Cl)cc1. The van der Waals surface area contributed by atoms with E-state index in [0.29, 0.717) is 11.3 Å². The molecule has 0 saturated carbocycles. The first kappa shape index (κ1) is 14.7. The summed E-state index contributed by atoms with van der Waals surface area (Å²) in [5, 5.41) is 2.57. The molecule has 1 atom stereocenters. The Morgan fingerprint density at radius 2 is 2.00 bits per heavy atom. The largest absolute Gasteiger partial charge is 0.323 e. The fraction of sp³-hybridized carbons (Fsp3) is 0.250. The zero-order valence-electron chi connectivity index (χ0n) is 9.89. The van der Waals surface area contributed by atoms with Gasteiger partial charge in [-0.05, 0) is 30.7 Å². The van der Waals surface area contributed by atoms with E-state index in [1.807, 2.05) is 0 Å². The minimum absolute atomic E-state index is 0.118. The van der Waals surface area contributed by atoms with Crippen molar-refractivity contribution in [2.24, 2.45) is 0 Å².